The highest BCUT2D eigenvalue weighted by Gasteiger charge is 2.27. The maximum atomic E-state index is 12.5. The molecule has 0 atom stereocenters. The van der Waals surface area contributed by atoms with Gasteiger partial charge in [0, 0.05) is 17.3 Å². The number of aryl methyl sites for hydroxylation is 1. The molecule has 0 amide bonds. The van der Waals surface area contributed by atoms with Crippen molar-refractivity contribution in [3.05, 3.63) is 23.4 Å². The Morgan fingerprint density at radius 3 is 2.52 bits per heavy atom. The van der Waals surface area contributed by atoms with E-state index in [1.54, 1.807) is 6.07 Å². The van der Waals surface area contributed by atoms with Gasteiger partial charge in [-0.3, -0.25) is 5.10 Å². The highest BCUT2D eigenvalue weighted by Crippen LogP contribution is 2.28. The van der Waals surface area contributed by atoms with Crippen LogP contribution in [0, 0.1) is 19.8 Å². The van der Waals surface area contributed by atoms with E-state index in [2.05, 4.69) is 21.8 Å². The van der Waals surface area contributed by atoms with Crippen LogP contribution in [0.3, 0.4) is 0 Å². The Morgan fingerprint density at radius 2 is 1.91 bits per heavy atom. The van der Waals surface area contributed by atoms with E-state index in [9.17, 15) is 8.42 Å². The maximum Gasteiger partial charge on any atom is 0.274 e. The summed E-state index contributed by atoms with van der Waals surface area (Å²) >= 11 is 0. The van der Waals surface area contributed by atoms with Gasteiger partial charge in [-0.2, -0.15) is 5.10 Å². The topological polar surface area (TPSA) is 88.0 Å². The van der Waals surface area contributed by atoms with E-state index < -0.39 is 10.0 Å². The molecule has 2 aromatic heterocycles. The Labute approximate surface area is 136 Å². The molecule has 0 aromatic carbocycles. The SMILES string of the molecule is Cc1[nH]nc(-c2ccc(S(=O)(=O)NC3CCC(C)CC3)o2)c1C. The molecule has 0 unspecified atom stereocenters. The number of hydrogen-bond acceptors (Lipinski definition) is 4. The Kier molecular flexibility index (Phi) is 4.33. The Morgan fingerprint density at radius 1 is 1.22 bits per heavy atom. The van der Waals surface area contributed by atoms with Crippen LogP contribution in [-0.4, -0.2) is 24.7 Å². The second kappa shape index (κ2) is 6.13. The summed E-state index contributed by atoms with van der Waals surface area (Å²) in [7, 11) is -3.63. The van der Waals surface area contributed by atoms with Gasteiger partial charge in [0.25, 0.3) is 10.0 Å². The third-order valence-corrected chi connectivity index (χ3v) is 6.06. The van der Waals surface area contributed by atoms with Crippen LogP contribution in [0.2, 0.25) is 0 Å². The van der Waals surface area contributed by atoms with Crippen molar-refractivity contribution >= 4 is 10.0 Å². The standard InChI is InChI=1S/C16H23N3O3S/c1-10-4-6-13(7-5-10)19-23(20,21)15-9-8-14(22-15)16-11(2)12(3)17-18-16/h8-10,13,19H,4-7H2,1-3H3,(H,17,18). The van der Waals surface area contributed by atoms with Crippen molar-refractivity contribution in [2.24, 2.45) is 5.92 Å². The maximum absolute atomic E-state index is 12.5. The van der Waals surface area contributed by atoms with Crippen LogP contribution in [0.25, 0.3) is 11.5 Å². The van der Waals surface area contributed by atoms with E-state index >= 15 is 0 Å². The highest BCUT2D eigenvalue weighted by atomic mass is 32.2. The number of rotatable bonds is 4. The minimum absolute atomic E-state index is 0.000820. The number of nitrogens with zero attached hydrogens (tertiary/aromatic N) is 1. The van der Waals surface area contributed by atoms with E-state index in [4.69, 9.17) is 4.42 Å². The van der Waals surface area contributed by atoms with Crippen molar-refractivity contribution in [3.63, 3.8) is 0 Å². The number of nitrogens with one attached hydrogen (secondary N) is 2. The van der Waals surface area contributed by atoms with Gasteiger partial charge < -0.3 is 4.42 Å². The van der Waals surface area contributed by atoms with E-state index in [0.29, 0.717) is 17.4 Å². The average Bonchev–Trinajstić information content (AvgIpc) is 3.10. The van der Waals surface area contributed by atoms with Crippen molar-refractivity contribution in [1.29, 1.82) is 0 Å². The Hall–Kier alpha value is -1.60. The largest absolute Gasteiger partial charge is 0.442 e. The van der Waals surface area contributed by atoms with Gasteiger partial charge in [0.05, 0.1) is 0 Å². The summed E-state index contributed by atoms with van der Waals surface area (Å²) in [6.45, 7) is 6.04. The molecule has 0 spiro atoms. The number of sulfonamides is 1. The molecule has 2 heterocycles. The smallest absolute Gasteiger partial charge is 0.274 e. The molecule has 2 N–H and O–H groups in total. The summed E-state index contributed by atoms with van der Waals surface area (Å²) in [5.41, 5.74) is 2.54. The molecule has 1 aliphatic rings. The quantitative estimate of drug-likeness (QED) is 0.897. The van der Waals surface area contributed by atoms with Crippen molar-refractivity contribution in [2.75, 3.05) is 0 Å². The molecule has 6 nitrogen and oxygen atoms in total. The van der Waals surface area contributed by atoms with Crippen LogP contribution < -0.4 is 4.72 Å². The van der Waals surface area contributed by atoms with Gasteiger partial charge in [0.15, 0.2) is 5.76 Å². The fourth-order valence-electron chi connectivity index (χ4n) is 2.97. The first-order chi connectivity index (χ1) is 10.9. The van der Waals surface area contributed by atoms with Crippen LogP contribution >= 0.6 is 0 Å². The second-order valence-corrected chi connectivity index (χ2v) is 8.16. The lowest BCUT2D eigenvalue weighted by atomic mass is 9.88. The molecule has 3 rings (SSSR count). The van der Waals surface area contributed by atoms with Crippen molar-refractivity contribution in [2.45, 2.75) is 57.6 Å². The van der Waals surface area contributed by atoms with E-state index in [0.717, 1.165) is 36.9 Å². The minimum atomic E-state index is -3.63. The van der Waals surface area contributed by atoms with Crippen molar-refractivity contribution in [1.82, 2.24) is 14.9 Å². The van der Waals surface area contributed by atoms with Crippen molar-refractivity contribution < 1.29 is 12.8 Å². The molecule has 23 heavy (non-hydrogen) atoms. The van der Waals surface area contributed by atoms with Crippen LogP contribution in [0.4, 0.5) is 0 Å². The molecule has 0 radical (unpaired) electrons. The number of H-pyrrole nitrogens is 1. The number of hydrogen-bond donors (Lipinski definition) is 2. The Balaban J connectivity index is 1.77. The predicted octanol–water partition coefficient (Wildman–Crippen LogP) is 3.14. The van der Waals surface area contributed by atoms with Gasteiger partial charge >= 0.3 is 0 Å². The summed E-state index contributed by atoms with van der Waals surface area (Å²) in [4.78, 5) is 0. The van der Waals surface area contributed by atoms with Crippen molar-refractivity contribution in [3.8, 4) is 11.5 Å². The third-order valence-electron chi connectivity index (χ3n) is 4.67. The summed E-state index contributed by atoms with van der Waals surface area (Å²) in [6, 6.07) is 3.14. The van der Waals surface area contributed by atoms with Gasteiger partial charge in [0.2, 0.25) is 5.09 Å². The molecule has 0 aliphatic heterocycles. The molecular weight excluding hydrogens is 314 g/mol. The third kappa shape index (κ3) is 3.35. The van der Waals surface area contributed by atoms with Crippen LogP contribution in [0.5, 0.6) is 0 Å². The molecule has 1 aliphatic carbocycles. The predicted molar refractivity (Wildman–Crippen MR) is 87.5 cm³/mol. The molecule has 0 bridgehead atoms. The van der Waals surface area contributed by atoms with E-state index in [1.807, 2.05) is 13.8 Å². The summed E-state index contributed by atoms with van der Waals surface area (Å²) in [6.07, 6.45) is 3.88. The van der Waals surface area contributed by atoms with Gasteiger partial charge in [-0.15, -0.1) is 0 Å². The first-order valence-corrected chi connectivity index (χ1v) is 9.49. The molecular formula is C16H23N3O3S. The molecule has 1 fully saturated rings. The van der Waals surface area contributed by atoms with E-state index in [1.165, 1.54) is 6.07 Å². The molecule has 2 aromatic rings. The van der Waals surface area contributed by atoms with Crippen LogP contribution in [0.15, 0.2) is 21.6 Å². The minimum Gasteiger partial charge on any atom is -0.442 e. The number of furan rings is 1. The Bertz CT molecular complexity index is 783. The van der Waals surface area contributed by atoms with Gasteiger partial charge in [-0.05, 0) is 57.6 Å². The summed E-state index contributed by atoms with van der Waals surface area (Å²) < 4.78 is 33.3. The lowest BCUT2D eigenvalue weighted by Crippen LogP contribution is -2.37. The van der Waals surface area contributed by atoms with Crippen LogP contribution in [-0.2, 0) is 10.0 Å². The average molecular weight is 337 g/mol. The van der Waals surface area contributed by atoms with Gasteiger partial charge in [-0.1, -0.05) is 6.92 Å². The molecule has 7 heteroatoms. The first kappa shape index (κ1) is 16.3. The number of aromatic amines is 1. The zero-order valence-electron chi connectivity index (χ0n) is 13.7. The zero-order chi connectivity index (χ0) is 16.6. The lowest BCUT2D eigenvalue weighted by Gasteiger charge is -2.26. The van der Waals surface area contributed by atoms with Gasteiger partial charge in [0.1, 0.15) is 5.69 Å². The van der Waals surface area contributed by atoms with E-state index in [-0.39, 0.29) is 11.1 Å². The molecule has 126 valence electrons. The lowest BCUT2D eigenvalue weighted by molar-refractivity contribution is 0.330. The molecule has 1 saturated carbocycles. The second-order valence-electron chi connectivity index (χ2n) is 6.52. The summed E-state index contributed by atoms with van der Waals surface area (Å²) in [5.74, 6) is 1.14. The summed E-state index contributed by atoms with van der Waals surface area (Å²) in [5, 5.41) is 7.00. The number of aromatic nitrogens is 2. The first-order valence-electron chi connectivity index (χ1n) is 8.01. The highest BCUT2D eigenvalue weighted by molar-refractivity contribution is 7.89. The van der Waals surface area contributed by atoms with Gasteiger partial charge in [-0.25, -0.2) is 13.1 Å². The monoisotopic (exact) mass is 337 g/mol. The normalized spacial score (nSPS) is 22.4. The molecule has 0 saturated heterocycles. The fourth-order valence-corrected chi connectivity index (χ4v) is 4.21. The zero-order valence-corrected chi connectivity index (χ0v) is 14.5. The fraction of sp³-hybridized carbons (Fsp3) is 0.562. The van der Waals surface area contributed by atoms with Crippen LogP contribution in [0.1, 0.15) is 43.9 Å².